The summed E-state index contributed by atoms with van der Waals surface area (Å²) in [6.45, 7) is 0.461. The number of thiazole rings is 1. The topological polar surface area (TPSA) is 75.0 Å². The predicted octanol–water partition coefficient (Wildman–Crippen LogP) is 7.17. The first-order valence-electron chi connectivity index (χ1n) is 10.6. The lowest BCUT2D eigenvalue weighted by molar-refractivity contribution is -0.112. The van der Waals surface area contributed by atoms with Crippen molar-refractivity contribution in [1.82, 2.24) is 4.98 Å². The van der Waals surface area contributed by atoms with Crippen LogP contribution in [0.15, 0.2) is 84.6 Å². The van der Waals surface area contributed by atoms with E-state index in [4.69, 9.17) is 27.9 Å². The Hall–Kier alpha value is -3.63. The highest BCUT2D eigenvalue weighted by atomic mass is 35.5. The molecule has 0 unspecified atom stereocenters. The lowest BCUT2D eigenvalue weighted by atomic mass is 10.1. The maximum atomic E-state index is 12.6. The van der Waals surface area contributed by atoms with E-state index in [-0.39, 0.29) is 5.57 Å². The van der Waals surface area contributed by atoms with Crippen molar-refractivity contribution < 1.29 is 9.53 Å². The minimum absolute atomic E-state index is 0.0239. The molecule has 0 fully saturated rings. The smallest absolute Gasteiger partial charge is 0.268 e. The molecule has 0 spiro atoms. The summed E-state index contributed by atoms with van der Waals surface area (Å²) in [6.07, 6.45) is 3.82. The molecule has 4 rings (SSSR count). The van der Waals surface area contributed by atoms with E-state index in [1.807, 2.05) is 42.5 Å². The van der Waals surface area contributed by atoms with Crippen molar-refractivity contribution in [3.8, 4) is 11.8 Å². The Morgan fingerprint density at radius 2 is 1.80 bits per heavy atom. The highest BCUT2D eigenvalue weighted by molar-refractivity contribution is 7.15. The monoisotopic (exact) mass is 519 g/mol. The Balaban J connectivity index is 1.36. The Bertz CT molecular complexity index is 1390. The second kappa shape index (κ2) is 11.7. The number of nitriles is 1. The van der Waals surface area contributed by atoms with Crippen molar-refractivity contribution in [2.45, 2.75) is 13.0 Å². The lowest BCUT2D eigenvalue weighted by Crippen LogP contribution is -2.13. The van der Waals surface area contributed by atoms with Crippen LogP contribution in [0, 0.1) is 11.3 Å². The van der Waals surface area contributed by atoms with E-state index in [0.29, 0.717) is 39.5 Å². The van der Waals surface area contributed by atoms with E-state index in [1.165, 1.54) is 17.4 Å². The van der Waals surface area contributed by atoms with E-state index < -0.39 is 5.91 Å². The number of ether oxygens (including phenoxy) is 1. The standard InChI is InChI=1S/C27H19Cl2N3O2S/c28-24-11-8-20(14-25(24)29)13-23-16-31-27(35-23)32-26(33)21(15-30)12-18-6-9-22(10-7-18)34-17-19-4-2-1-3-5-19/h1-12,14,16H,13,17H2,(H,31,32,33). The molecular weight excluding hydrogens is 501 g/mol. The molecule has 1 amide bonds. The van der Waals surface area contributed by atoms with Gasteiger partial charge >= 0.3 is 0 Å². The van der Waals surface area contributed by atoms with Gasteiger partial charge in [0.05, 0.1) is 10.0 Å². The number of aromatic nitrogens is 1. The minimum Gasteiger partial charge on any atom is -0.489 e. The van der Waals surface area contributed by atoms with Gasteiger partial charge in [0.15, 0.2) is 5.13 Å². The maximum Gasteiger partial charge on any atom is 0.268 e. The summed E-state index contributed by atoms with van der Waals surface area (Å²) in [5.74, 6) is 0.179. The van der Waals surface area contributed by atoms with Crippen LogP contribution in [0.3, 0.4) is 0 Å². The summed E-state index contributed by atoms with van der Waals surface area (Å²) >= 11 is 13.4. The van der Waals surface area contributed by atoms with Crippen molar-refractivity contribution in [1.29, 1.82) is 5.26 Å². The molecule has 4 aromatic rings. The van der Waals surface area contributed by atoms with Crippen molar-refractivity contribution in [2.75, 3.05) is 5.32 Å². The van der Waals surface area contributed by atoms with Crippen LogP contribution in [0.2, 0.25) is 10.0 Å². The van der Waals surface area contributed by atoms with Crippen LogP contribution < -0.4 is 10.1 Å². The molecule has 5 nitrogen and oxygen atoms in total. The first-order valence-corrected chi connectivity index (χ1v) is 12.2. The normalized spacial score (nSPS) is 11.1. The van der Waals surface area contributed by atoms with Crippen LogP contribution in [0.5, 0.6) is 5.75 Å². The van der Waals surface area contributed by atoms with Crippen LogP contribution in [0.4, 0.5) is 5.13 Å². The molecule has 1 heterocycles. The van der Waals surface area contributed by atoms with Gasteiger partial charge in [0.2, 0.25) is 0 Å². The molecule has 8 heteroatoms. The number of halogens is 2. The van der Waals surface area contributed by atoms with Gasteiger partial charge in [-0.05, 0) is 47.0 Å². The van der Waals surface area contributed by atoms with Crippen molar-refractivity contribution >= 4 is 51.7 Å². The zero-order chi connectivity index (χ0) is 24.6. The van der Waals surface area contributed by atoms with Gasteiger partial charge in [-0.1, -0.05) is 71.7 Å². The van der Waals surface area contributed by atoms with Crippen LogP contribution in [-0.4, -0.2) is 10.9 Å². The minimum atomic E-state index is -0.521. The molecule has 1 N–H and O–H groups in total. The van der Waals surface area contributed by atoms with E-state index >= 15 is 0 Å². The largest absolute Gasteiger partial charge is 0.489 e. The number of rotatable bonds is 8. The third-order valence-corrected chi connectivity index (χ3v) is 6.59. The fraction of sp³-hybridized carbons (Fsp3) is 0.0741. The van der Waals surface area contributed by atoms with Gasteiger partial charge in [0, 0.05) is 17.5 Å². The Morgan fingerprint density at radius 3 is 2.51 bits per heavy atom. The van der Waals surface area contributed by atoms with Gasteiger partial charge in [0.1, 0.15) is 24.0 Å². The van der Waals surface area contributed by atoms with Gasteiger partial charge in [-0.25, -0.2) is 4.98 Å². The fourth-order valence-electron chi connectivity index (χ4n) is 3.18. The number of amides is 1. The Labute approximate surface area is 217 Å². The third-order valence-electron chi connectivity index (χ3n) is 4.94. The summed E-state index contributed by atoms with van der Waals surface area (Å²) in [4.78, 5) is 17.8. The van der Waals surface area contributed by atoms with Crippen LogP contribution in [0.1, 0.15) is 21.6 Å². The van der Waals surface area contributed by atoms with Gasteiger partial charge < -0.3 is 4.74 Å². The number of hydrogen-bond acceptors (Lipinski definition) is 5. The quantitative estimate of drug-likeness (QED) is 0.198. The molecule has 35 heavy (non-hydrogen) atoms. The van der Waals surface area contributed by atoms with Gasteiger partial charge in [0.25, 0.3) is 5.91 Å². The summed E-state index contributed by atoms with van der Waals surface area (Å²) in [7, 11) is 0. The predicted molar refractivity (Wildman–Crippen MR) is 141 cm³/mol. The first-order chi connectivity index (χ1) is 17.0. The van der Waals surface area contributed by atoms with E-state index in [9.17, 15) is 10.1 Å². The molecule has 1 aromatic heterocycles. The van der Waals surface area contributed by atoms with E-state index in [0.717, 1.165) is 16.0 Å². The number of nitrogens with zero attached hydrogens (tertiary/aromatic N) is 2. The number of carbonyl (C=O) groups excluding carboxylic acids is 1. The number of anilines is 1. The summed E-state index contributed by atoms with van der Waals surface area (Å²) < 4.78 is 5.78. The van der Waals surface area contributed by atoms with Gasteiger partial charge in [-0.2, -0.15) is 5.26 Å². The second-order valence-electron chi connectivity index (χ2n) is 7.52. The van der Waals surface area contributed by atoms with Crippen LogP contribution >= 0.6 is 34.5 Å². The van der Waals surface area contributed by atoms with Gasteiger partial charge in [-0.15, -0.1) is 11.3 Å². The third kappa shape index (κ3) is 6.93. The van der Waals surface area contributed by atoms with Crippen molar-refractivity contribution in [2.24, 2.45) is 0 Å². The van der Waals surface area contributed by atoms with Crippen LogP contribution in [-0.2, 0) is 17.8 Å². The molecule has 0 aliphatic heterocycles. The molecule has 0 saturated heterocycles. The molecule has 0 saturated carbocycles. The SMILES string of the molecule is N#CC(=Cc1ccc(OCc2ccccc2)cc1)C(=O)Nc1ncc(Cc2ccc(Cl)c(Cl)c2)s1. The zero-order valence-electron chi connectivity index (χ0n) is 18.4. The van der Waals surface area contributed by atoms with Crippen LogP contribution in [0.25, 0.3) is 6.08 Å². The lowest BCUT2D eigenvalue weighted by Gasteiger charge is -2.06. The molecule has 0 radical (unpaired) electrons. The number of benzene rings is 3. The molecule has 0 aliphatic carbocycles. The first kappa shape index (κ1) is 24.5. The average molecular weight is 520 g/mol. The average Bonchev–Trinajstić information content (AvgIpc) is 3.31. The number of nitrogens with one attached hydrogen (secondary N) is 1. The summed E-state index contributed by atoms with van der Waals surface area (Å²) in [6, 6.07) is 24.5. The Kier molecular flexibility index (Phi) is 8.17. The van der Waals surface area contributed by atoms with Crippen molar-refractivity contribution in [3.63, 3.8) is 0 Å². The number of carbonyl (C=O) groups is 1. The summed E-state index contributed by atoms with van der Waals surface area (Å²) in [5, 5.41) is 13.6. The fourth-order valence-corrected chi connectivity index (χ4v) is 4.34. The number of hydrogen-bond donors (Lipinski definition) is 1. The molecule has 174 valence electrons. The molecule has 0 bridgehead atoms. The highest BCUT2D eigenvalue weighted by Crippen LogP contribution is 2.26. The van der Waals surface area contributed by atoms with Gasteiger partial charge in [-0.3, -0.25) is 10.1 Å². The zero-order valence-corrected chi connectivity index (χ0v) is 20.7. The molecule has 0 aliphatic rings. The molecular formula is C27H19Cl2N3O2S. The molecule has 0 atom stereocenters. The molecule has 3 aromatic carbocycles. The second-order valence-corrected chi connectivity index (χ2v) is 9.45. The maximum absolute atomic E-state index is 12.6. The van der Waals surface area contributed by atoms with E-state index in [1.54, 1.807) is 42.6 Å². The van der Waals surface area contributed by atoms with E-state index in [2.05, 4.69) is 10.3 Å². The highest BCUT2D eigenvalue weighted by Gasteiger charge is 2.13. The van der Waals surface area contributed by atoms with Crippen molar-refractivity contribution in [3.05, 3.63) is 116 Å². The Morgan fingerprint density at radius 1 is 1.03 bits per heavy atom. The summed E-state index contributed by atoms with van der Waals surface area (Å²) in [5.41, 5.74) is 2.74.